The Morgan fingerprint density at radius 1 is 0.826 bits per heavy atom. The normalized spacial score (nSPS) is 17.7. The minimum atomic E-state index is -1.38. The smallest absolute Gasteiger partial charge is 0.465 e. The summed E-state index contributed by atoms with van der Waals surface area (Å²) in [5.41, 5.74) is -1.38. The third kappa shape index (κ3) is 6.46. The van der Waals surface area contributed by atoms with Gasteiger partial charge in [-0.2, -0.15) is 0 Å². The molecular weight excluding hydrogens is 336 g/mol. The van der Waals surface area contributed by atoms with Crippen molar-refractivity contribution < 1.29 is 36.1 Å². The van der Waals surface area contributed by atoms with Crippen molar-refractivity contribution in [2.24, 2.45) is 5.41 Å². The van der Waals surface area contributed by atoms with Gasteiger partial charge in [-0.1, -0.05) is 0 Å². The van der Waals surface area contributed by atoms with Crippen molar-refractivity contribution >= 4 is 11.9 Å². The molecular formula is C18H22FeO4+2. The van der Waals surface area contributed by atoms with Gasteiger partial charge in [-0.25, -0.2) is 0 Å². The first kappa shape index (κ1) is 22.5. The Bertz CT molecular complexity index is 321. The summed E-state index contributed by atoms with van der Waals surface area (Å²) in [6, 6.07) is 0. The summed E-state index contributed by atoms with van der Waals surface area (Å²) in [7, 11) is 0. The van der Waals surface area contributed by atoms with Crippen LogP contribution in [0.15, 0.2) is 0 Å². The summed E-state index contributed by atoms with van der Waals surface area (Å²) in [5.74, 6) is -0.566. The third-order valence-corrected chi connectivity index (χ3v) is 3.16. The molecule has 5 heteroatoms. The average Bonchev–Trinajstić information content (AvgIpc) is 3.22. The van der Waals surface area contributed by atoms with E-state index in [1.54, 1.807) is 39.5 Å². The van der Waals surface area contributed by atoms with Gasteiger partial charge in [-0.05, 0) is 78.6 Å². The molecule has 124 valence electrons. The summed E-state index contributed by atoms with van der Waals surface area (Å²) in [4.78, 5) is 23.9. The van der Waals surface area contributed by atoms with Gasteiger partial charge in [0.15, 0.2) is 5.41 Å². The van der Waals surface area contributed by atoms with Crippen LogP contribution in [0.3, 0.4) is 0 Å². The first-order valence-electron chi connectivity index (χ1n) is 7.30. The molecule has 0 aliphatic heterocycles. The van der Waals surface area contributed by atoms with E-state index < -0.39 is 17.4 Å². The van der Waals surface area contributed by atoms with Gasteiger partial charge in [0.1, 0.15) is 0 Å². The van der Waals surface area contributed by atoms with Crippen LogP contribution in [-0.2, 0) is 36.1 Å². The van der Waals surface area contributed by atoms with Crippen molar-refractivity contribution in [1.82, 2.24) is 0 Å². The van der Waals surface area contributed by atoms with Crippen LogP contribution in [0.2, 0.25) is 0 Å². The second-order valence-corrected chi connectivity index (χ2v) is 4.70. The molecule has 2 rings (SSSR count). The number of rotatable bonds is 5. The Kier molecular flexibility index (Phi) is 11.6. The molecule has 0 atom stereocenters. The summed E-state index contributed by atoms with van der Waals surface area (Å²) < 4.78 is 9.92. The van der Waals surface area contributed by atoms with E-state index in [9.17, 15) is 9.59 Å². The van der Waals surface area contributed by atoms with Gasteiger partial charge in [0.25, 0.3) is 0 Å². The van der Waals surface area contributed by atoms with Crippen LogP contribution >= 0.6 is 0 Å². The standard InChI is InChI=1S/C13H17O4.C5H5.Fe/c1-4-16-11(14)13(3,12(15)17-5-2)10-8-6-7-9-10;1-2-4-5-3-1;/h6-9H,4-5H2,1-3H3;1-5H;/q;;+2. The molecule has 0 unspecified atom stereocenters. The van der Waals surface area contributed by atoms with Gasteiger partial charge in [0.2, 0.25) is 0 Å². The van der Waals surface area contributed by atoms with Crippen molar-refractivity contribution in [2.45, 2.75) is 20.8 Å². The number of ether oxygens (including phenoxy) is 2. The van der Waals surface area contributed by atoms with E-state index in [1.807, 2.05) is 32.1 Å². The number of esters is 2. The van der Waals surface area contributed by atoms with E-state index in [4.69, 9.17) is 9.47 Å². The summed E-state index contributed by atoms with van der Waals surface area (Å²) >= 11 is 0. The fourth-order valence-corrected chi connectivity index (χ4v) is 1.90. The SMILES string of the molecule is CCOC(=O)C(C)([C]1[CH][CH][CH][CH]1)C(=O)OCC.[CH]1[CH][CH][CH][CH]1.[Fe+2]. The zero-order chi connectivity index (χ0) is 16.4. The molecule has 0 spiro atoms. The van der Waals surface area contributed by atoms with Crippen molar-refractivity contribution in [3.63, 3.8) is 0 Å². The Hall–Kier alpha value is -0.541. The van der Waals surface area contributed by atoms with E-state index in [-0.39, 0.29) is 30.3 Å². The van der Waals surface area contributed by atoms with E-state index >= 15 is 0 Å². The first-order chi connectivity index (χ1) is 10.6. The molecule has 10 radical (unpaired) electrons. The van der Waals surface area contributed by atoms with E-state index in [1.165, 1.54) is 6.92 Å². The van der Waals surface area contributed by atoms with Crippen molar-refractivity contribution in [2.75, 3.05) is 13.2 Å². The molecule has 0 aromatic rings. The van der Waals surface area contributed by atoms with Crippen LogP contribution in [0.5, 0.6) is 0 Å². The van der Waals surface area contributed by atoms with E-state index in [0.717, 1.165) is 0 Å². The number of carbonyl (C=O) groups excluding carboxylic acids is 2. The molecule has 0 aromatic carbocycles. The molecule has 23 heavy (non-hydrogen) atoms. The maximum absolute atomic E-state index is 12.0. The molecule has 0 bridgehead atoms. The van der Waals surface area contributed by atoms with Gasteiger partial charge in [-0.3, -0.25) is 9.59 Å². The van der Waals surface area contributed by atoms with Gasteiger partial charge in [0, 0.05) is 5.92 Å². The molecule has 2 aliphatic rings. The number of carbonyl (C=O) groups is 2. The van der Waals surface area contributed by atoms with Gasteiger partial charge in [-0.15, -0.1) is 0 Å². The van der Waals surface area contributed by atoms with Crippen molar-refractivity contribution in [3.05, 3.63) is 63.7 Å². The molecule has 0 aromatic heterocycles. The zero-order valence-corrected chi connectivity index (χ0v) is 14.7. The first-order valence-corrected chi connectivity index (χ1v) is 7.30. The summed E-state index contributed by atoms with van der Waals surface area (Å²) in [6.07, 6.45) is 17.0. The van der Waals surface area contributed by atoms with Gasteiger partial charge in [0.05, 0.1) is 13.2 Å². The molecule has 2 saturated carbocycles. The largest absolute Gasteiger partial charge is 2.00 e. The fraction of sp³-hybridized carbons (Fsp3) is 0.333. The van der Waals surface area contributed by atoms with Crippen LogP contribution in [0.25, 0.3) is 0 Å². The molecule has 0 amide bonds. The van der Waals surface area contributed by atoms with E-state index in [2.05, 4.69) is 0 Å². The van der Waals surface area contributed by atoms with Gasteiger partial charge < -0.3 is 9.47 Å². The second-order valence-electron chi connectivity index (χ2n) is 4.70. The van der Waals surface area contributed by atoms with Crippen LogP contribution in [0.1, 0.15) is 20.8 Å². The van der Waals surface area contributed by atoms with Crippen molar-refractivity contribution in [3.8, 4) is 0 Å². The minimum Gasteiger partial charge on any atom is -0.465 e. The monoisotopic (exact) mass is 358 g/mol. The predicted octanol–water partition coefficient (Wildman–Crippen LogP) is 2.54. The Morgan fingerprint density at radius 3 is 1.48 bits per heavy atom. The topological polar surface area (TPSA) is 52.6 Å². The predicted molar refractivity (Wildman–Crippen MR) is 83.3 cm³/mol. The van der Waals surface area contributed by atoms with E-state index in [0.29, 0.717) is 5.92 Å². The van der Waals surface area contributed by atoms with Crippen LogP contribution in [0.4, 0.5) is 0 Å². The van der Waals surface area contributed by atoms with Crippen LogP contribution in [-0.4, -0.2) is 25.2 Å². The quantitative estimate of drug-likeness (QED) is 0.431. The second kappa shape index (κ2) is 11.9. The number of hydrogen-bond acceptors (Lipinski definition) is 4. The summed E-state index contributed by atoms with van der Waals surface area (Å²) in [5, 5.41) is 0. The number of hydrogen-bond donors (Lipinski definition) is 0. The molecule has 2 fully saturated rings. The Labute approximate surface area is 151 Å². The molecule has 0 N–H and O–H groups in total. The molecule has 0 saturated heterocycles. The Morgan fingerprint density at radius 2 is 1.17 bits per heavy atom. The van der Waals surface area contributed by atoms with Crippen molar-refractivity contribution in [1.29, 1.82) is 0 Å². The average molecular weight is 358 g/mol. The van der Waals surface area contributed by atoms with Gasteiger partial charge >= 0.3 is 29.0 Å². The summed E-state index contributed by atoms with van der Waals surface area (Å²) in [6.45, 7) is 5.39. The minimum absolute atomic E-state index is 0. The Balaban J connectivity index is 0.000000684. The molecule has 0 heterocycles. The molecule has 4 nitrogen and oxygen atoms in total. The van der Waals surface area contributed by atoms with Crippen LogP contribution in [0, 0.1) is 69.1 Å². The zero-order valence-electron chi connectivity index (χ0n) is 13.6. The maximum atomic E-state index is 12.0. The fourth-order valence-electron chi connectivity index (χ4n) is 1.90. The molecule has 2 aliphatic carbocycles. The maximum Gasteiger partial charge on any atom is 2.00 e. The third-order valence-electron chi connectivity index (χ3n) is 3.16. The van der Waals surface area contributed by atoms with Crippen LogP contribution < -0.4 is 0 Å².